The number of hydrogen-bond acceptors (Lipinski definition) is 2. The number of nitrogens with zero attached hydrogens (tertiary/aromatic N) is 1. The number of aromatic nitrogens is 2. The molecule has 1 aromatic carbocycles. The summed E-state index contributed by atoms with van der Waals surface area (Å²) in [6.07, 6.45) is 1.84. The number of H-pyrrole nitrogens is 1. The highest BCUT2D eigenvalue weighted by atomic mass is 15.0. The van der Waals surface area contributed by atoms with E-state index in [1.54, 1.807) is 0 Å². The minimum absolute atomic E-state index is 0.783. The molecule has 0 atom stereocenters. The molecule has 18 heavy (non-hydrogen) atoms. The zero-order valence-electron chi connectivity index (χ0n) is 10.3. The molecule has 90 valence electrons. The normalized spacial score (nSPS) is 10.7. The molecule has 3 aromatic rings. The first-order valence-corrected chi connectivity index (χ1v) is 6.05. The first kappa shape index (κ1) is 10.8. The smallest absolute Gasteiger partial charge is 0.150 e. The largest absolute Gasteiger partial charge is 0.364 e. The van der Waals surface area contributed by atoms with E-state index in [0.29, 0.717) is 0 Å². The van der Waals surface area contributed by atoms with E-state index in [0.717, 1.165) is 23.6 Å². The van der Waals surface area contributed by atoms with E-state index in [4.69, 9.17) is 0 Å². The molecular formula is C15H15N3. The van der Waals surface area contributed by atoms with Gasteiger partial charge in [0.15, 0.2) is 5.82 Å². The molecule has 0 unspecified atom stereocenters. The Morgan fingerprint density at radius 1 is 1.17 bits per heavy atom. The molecule has 0 fully saturated rings. The summed E-state index contributed by atoms with van der Waals surface area (Å²) in [5.74, 6) is 0.907. The van der Waals surface area contributed by atoms with Crippen LogP contribution in [-0.2, 0) is 6.54 Å². The molecule has 2 N–H and O–H groups in total. The van der Waals surface area contributed by atoms with Crippen LogP contribution in [0.3, 0.4) is 0 Å². The standard InChI is InChI=1S/C15H15N3/c1-11-9-13-7-8-16-15(14(13)18-11)17-10-12-5-3-2-4-6-12/h2-9,18H,10H2,1H3,(H,16,17). The summed E-state index contributed by atoms with van der Waals surface area (Å²) < 4.78 is 0. The fourth-order valence-corrected chi connectivity index (χ4v) is 2.11. The lowest BCUT2D eigenvalue weighted by molar-refractivity contribution is 1.12. The van der Waals surface area contributed by atoms with Crippen LogP contribution in [0.1, 0.15) is 11.3 Å². The number of rotatable bonds is 3. The van der Waals surface area contributed by atoms with Crippen molar-refractivity contribution in [1.82, 2.24) is 9.97 Å². The minimum Gasteiger partial charge on any atom is -0.364 e. The van der Waals surface area contributed by atoms with Gasteiger partial charge >= 0.3 is 0 Å². The molecule has 3 rings (SSSR count). The Bertz CT molecular complexity index is 656. The van der Waals surface area contributed by atoms with Gasteiger partial charge in [-0.2, -0.15) is 0 Å². The Hall–Kier alpha value is -2.29. The van der Waals surface area contributed by atoms with Crippen LogP contribution in [0.4, 0.5) is 5.82 Å². The highest BCUT2D eigenvalue weighted by Crippen LogP contribution is 2.21. The molecule has 0 radical (unpaired) electrons. The molecule has 0 bridgehead atoms. The maximum Gasteiger partial charge on any atom is 0.150 e. The van der Waals surface area contributed by atoms with Crippen molar-refractivity contribution in [2.45, 2.75) is 13.5 Å². The third kappa shape index (κ3) is 2.07. The second-order valence-corrected chi connectivity index (χ2v) is 4.42. The van der Waals surface area contributed by atoms with Crippen LogP contribution >= 0.6 is 0 Å². The van der Waals surface area contributed by atoms with Gasteiger partial charge in [0, 0.05) is 23.8 Å². The van der Waals surface area contributed by atoms with E-state index in [1.165, 1.54) is 10.9 Å². The van der Waals surface area contributed by atoms with Crippen LogP contribution in [0, 0.1) is 6.92 Å². The molecule has 3 nitrogen and oxygen atoms in total. The van der Waals surface area contributed by atoms with E-state index in [1.807, 2.05) is 30.5 Å². The Balaban J connectivity index is 1.86. The van der Waals surface area contributed by atoms with Gasteiger partial charge in [0.25, 0.3) is 0 Å². The first-order valence-electron chi connectivity index (χ1n) is 6.05. The van der Waals surface area contributed by atoms with E-state index in [9.17, 15) is 0 Å². The van der Waals surface area contributed by atoms with Crippen LogP contribution in [0.2, 0.25) is 0 Å². The molecule has 0 spiro atoms. The predicted octanol–water partition coefficient (Wildman–Crippen LogP) is 3.48. The number of aromatic amines is 1. The zero-order chi connectivity index (χ0) is 12.4. The van der Waals surface area contributed by atoms with Crippen molar-refractivity contribution in [3.63, 3.8) is 0 Å². The zero-order valence-corrected chi connectivity index (χ0v) is 10.3. The highest BCUT2D eigenvalue weighted by molar-refractivity contribution is 5.89. The molecule has 3 heteroatoms. The second kappa shape index (κ2) is 4.53. The molecule has 2 heterocycles. The molecule has 0 aliphatic heterocycles. The van der Waals surface area contributed by atoms with Crippen molar-refractivity contribution in [2.75, 3.05) is 5.32 Å². The van der Waals surface area contributed by atoms with Crippen LogP contribution in [0.25, 0.3) is 10.9 Å². The fourth-order valence-electron chi connectivity index (χ4n) is 2.11. The maximum absolute atomic E-state index is 4.39. The van der Waals surface area contributed by atoms with Crippen molar-refractivity contribution in [2.24, 2.45) is 0 Å². The number of hydrogen-bond donors (Lipinski definition) is 2. The Labute approximate surface area is 106 Å². The Kier molecular flexibility index (Phi) is 2.73. The van der Waals surface area contributed by atoms with Gasteiger partial charge in [-0.15, -0.1) is 0 Å². The second-order valence-electron chi connectivity index (χ2n) is 4.42. The lowest BCUT2D eigenvalue weighted by Gasteiger charge is -2.06. The van der Waals surface area contributed by atoms with Crippen molar-refractivity contribution >= 4 is 16.7 Å². The van der Waals surface area contributed by atoms with E-state index in [2.05, 4.69) is 40.4 Å². The fraction of sp³-hybridized carbons (Fsp3) is 0.133. The van der Waals surface area contributed by atoms with Gasteiger partial charge in [0.05, 0.1) is 5.52 Å². The van der Waals surface area contributed by atoms with E-state index < -0.39 is 0 Å². The number of fused-ring (bicyclic) bond motifs is 1. The van der Waals surface area contributed by atoms with Crippen molar-refractivity contribution in [1.29, 1.82) is 0 Å². The van der Waals surface area contributed by atoms with Gasteiger partial charge in [-0.25, -0.2) is 4.98 Å². The summed E-state index contributed by atoms with van der Waals surface area (Å²) in [4.78, 5) is 7.73. The summed E-state index contributed by atoms with van der Waals surface area (Å²) in [5.41, 5.74) is 3.48. The third-order valence-electron chi connectivity index (χ3n) is 2.98. The summed E-state index contributed by atoms with van der Waals surface area (Å²) in [6, 6.07) is 14.5. The molecule has 0 aliphatic carbocycles. The van der Waals surface area contributed by atoms with Crippen LogP contribution in [-0.4, -0.2) is 9.97 Å². The topological polar surface area (TPSA) is 40.7 Å². The Morgan fingerprint density at radius 2 is 2.00 bits per heavy atom. The van der Waals surface area contributed by atoms with Gasteiger partial charge in [-0.1, -0.05) is 30.3 Å². The quantitative estimate of drug-likeness (QED) is 0.732. The van der Waals surface area contributed by atoms with Crippen LogP contribution < -0.4 is 5.32 Å². The SMILES string of the molecule is Cc1cc2ccnc(NCc3ccccc3)c2[nH]1. The summed E-state index contributed by atoms with van der Waals surface area (Å²) in [6.45, 7) is 2.84. The third-order valence-corrected chi connectivity index (χ3v) is 2.98. The van der Waals surface area contributed by atoms with E-state index >= 15 is 0 Å². The maximum atomic E-state index is 4.39. The monoisotopic (exact) mass is 237 g/mol. The molecule has 0 aliphatic rings. The average Bonchev–Trinajstić information content (AvgIpc) is 2.78. The number of benzene rings is 1. The van der Waals surface area contributed by atoms with Crippen LogP contribution in [0.15, 0.2) is 48.7 Å². The van der Waals surface area contributed by atoms with Gasteiger partial charge in [-0.05, 0) is 24.6 Å². The molecule has 0 saturated carbocycles. The number of pyridine rings is 1. The molecular weight excluding hydrogens is 222 g/mol. The predicted molar refractivity (Wildman–Crippen MR) is 74.6 cm³/mol. The molecule has 0 amide bonds. The van der Waals surface area contributed by atoms with Crippen LogP contribution in [0.5, 0.6) is 0 Å². The average molecular weight is 237 g/mol. The summed E-state index contributed by atoms with van der Waals surface area (Å²) in [7, 11) is 0. The minimum atomic E-state index is 0.783. The van der Waals surface area contributed by atoms with Gasteiger partial charge in [0.1, 0.15) is 0 Å². The number of anilines is 1. The lowest BCUT2D eigenvalue weighted by atomic mass is 10.2. The van der Waals surface area contributed by atoms with E-state index in [-0.39, 0.29) is 0 Å². The highest BCUT2D eigenvalue weighted by Gasteiger charge is 2.04. The lowest BCUT2D eigenvalue weighted by Crippen LogP contribution is -2.01. The summed E-state index contributed by atoms with van der Waals surface area (Å²) in [5, 5.41) is 4.57. The van der Waals surface area contributed by atoms with Crippen molar-refractivity contribution < 1.29 is 0 Å². The van der Waals surface area contributed by atoms with Crippen molar-refractivity contribution in [3.8, 4) is 0 Å². The number of nitrogens with one attached hydrogen (secondary N) is 2. The van der Waals surface area contributed by atoms with Gasteiger partial charge in [0.2, 0.25) is 0 Å². The first-order chi connectivity index (χ1) is 8.83. The summed E-state index contributed by atoms with van der Waals surface area (Å²) >= 11 is 0. The Morgan fingerprint density at radius 3 is 2.83 bits per heavy atom. The molecule has 0 saturated heterocycles. The van der Waals surface area contributed by atoms with Gasteiger partial charge in [-0.3, -0.25) is 0 Å². The van der Waals surface area contributed by atoms with Crippen molar-refractivity contribution in [3.05, 3.63) is 59.9 Å². The number of aryl methyl sites for hydroxylation is 1. The molecule has 2 aromatic heterocycles. The van der Waals surface area contributed by atoms with Gasteiger partial charge < -0.3 is 10.3 Å².